The molecule has 1 aliphatic heterocycles. The number of ether oxygens (including phenoxy) is 2. The lowest BCUT2D eigenvalue weighted by Gasteiger charge is -2.52. The number of carbonyl (C=O) groups is 1. The maximum atomic E-state index is 11.6. The van der Waals surface area contributed by atoms with Gasteiger partial charge in [0.05, 0.1) is 19.3 Å². The van der Waals surface area contributed by atoms with Crippen LogP contribution in [0.1, 0.15) is 29.2 Å². The van der Waals surface area contributed by atoms with Gasteiger partial charge < -0.3 is 20.5 Å². The Hall–Kier alpha value is -1.73. The topological polar surface area (TPSA) is 99.4 Å². The average molecular weight is 292 g/mol. The number of hydrogen-bond donors (Lipinski definition) is 2. The minimum atomic E-state index is -0.550. The lowest BCUT2D eigenvalue weighted by Crippen LogP contribution is -2.69. The van der Waals surface area contributed by atoms with E-state index in [9.17, 15) is 4.79 Å². The highest BCUT2D eigenvalue weighted by Crippen LogP contribution is 2.38. The predicted molar refractivity (Wildman–Crippen MR) is 76.0 cm³/mol. The molecule has 3 N–H and O–H groups in total. The van der Waals surface area contributed by atoms with Crippen LogP contribution in [0, 0.1) is 12.8 Å². The van der Waals surface area contributed by atoms with Gasteiger partial charge in [0, 0.05) is 30.3 Å². The van der Waals surface area contributed by atoms with Crippen molar-refractivity contribution in [3.63, 3.8) is 0 Å². The van der Waals surface area contributed by atoms with Crippen LogP contribution >= 0.6 is 0 Å². The fourth-order valence-corrected chi connectivity index (χ4v) is 3.12. The van der Waals surface area contributed by atoms with Crippen LogP contribution in [0.3, 0.4) is 0 Å². The van der Waals surface area contributed by atoms with E-state index in [1.54, 1.807) is 13.0 Å². The van der Waals surface area contributed by atoms with Crippen molar-refractivity contribution in [1.82, 2.24) is 9.97 Å². The number of nitrogens with two attached hydrogens (primary N) is 1. The third kappa shape index (κ3) is 2.58. The zero-order valence-electron chi connectivity index (χ0n) is 12.2. The molecule has 0 amide bonds. The Bertz CT molecular complexity index is 551. The molecule has 0 aromatic carbocycles. The molecule has 0 radical (unpaired) electrons. The van der Waals surface area contributed by atoms with Crippen LogP contribution in [0.15, 0.2) is 6.07 Å². The molecule has 7 heteroatoms. The maximum absolute atomic E-state index is 11.6. The Morgan fingerprint density at radius 3 is 3.10 bits per heavy atom. The molecule has 1 aromatic rings. The van der Waals surface area contributed by atoms with Crippen molar-refractivity contribution in [2.45, 2.75) is 38.0 Å². The highest BCUT2D eigenvalue weighted by atomic mass is 16.5. The summed E-state index contributed by atoms with van der Waals surface area (Å²) < 4.78 is 10.4. The molecule has 21 heavy (non-hydrogen) atoms. The molecule has 1 aromatic heterocycles. The molecule has 4 unspecified atom stereocenters. The second-order valence-electron chi connectivity index (χ2n) is 5.60. The summed E-state index contributed by atoms with van der Waals surface area (Å²) in [6.45, 7) is 2.59. The zero-order chi connectivity index (χ0) is 15.0. The smallest absolute Gasteiger partial charge is 0.376 e. The van der Waals surface area contributed by atoms with Crippen LogP contribution in [-0.4, -0.2) is 47.8 Å². The average Bonchev–Trinajstić information content (AvgIpc) is 2.51. The van der Waals surface area contributed by atoms with E-state index < -0.39 is 5.97 Å². The second-order valence-corrected chi connectivity index (χ2v) is 5.60. The summed E-state index contributed by atoms with van der Waals surface area (Å²) in [6.07, 6.45) is 2.31. The van der Waals surface area contributed by atoms with Crippen LogP contribution in [-0.2, 0) is 9.47 Å². The summed E-state index contributed by atoms with van der Waals surface area (Å²) in [4.78, 5) is 19.8. The van der Waals surface area contributed by atoms with E-state index in [1.165, 1.54) is 7.11 Å². The molecule has 0 bridgehead atoms. The van der Waals surface area contributed by atoms with Gasteiger partial charge in [0.25, 0.3) is 0 Å². The van der Waals surface area contributed by atoms with Crippen molar-refractivity contribution >= 4 is 11.8 Å². The molecule has 0 spiro atoms. The number of carbonyl (C=O) groups excluding carboxylic acids is 1. The first-order chi connectivity index (χ1) is 10.1. The number of nitrogens with zero attached hydrogens (tertiary/aromatic N) is 2. The van der Waals surface area contributed by atoms with Crippen molar-refractivity contribution in [3.05, 3.63) is 17.6 Å². The highest BCUT2D eigenvalue weighted by Gasteiger charge is 2.50. The molecule has 1 saturated heterocycles. The number of hydrogen-bond acceptors (Lipinski definition) is 7. The first-order valence-electron chi connectivity index (χ1n) is 7.18. The van der Waals surface area contributed by atoms with Gasteiger partial charge in [-0.1, -0.05) is 0 Å². The van der Waals surface area contributed by atoms with Gasteiger partial charge in [0.1, 0.15) is 5.82 Å². The third-order valence-electron chi connectivity index (χ3n) is 4.21. The van der Waals surface area contributed by atoms with Crippen LogP contribution in [0.4, 0.5) is 5.82 Å². The first kappa shape index (κ1) is 14.2. The molecule has 1 aliphatic carbocycles. The van der Waals surface area contributed by atoms with Crippen LogP contribution < -0.4 is 11.1 Å². The number of anilines is 1. The zero-order valence-corrected chi connectivity index (χ0v) is 12.2. The largest absolute Gasteiger partial charge is 0.463 e. The first-order valence-corrected chi connectivity index (χ1v) is 7.18. The number of nitrogens with one attached hydrogen (secondary N) is 1. The molecule has 114 valence electrons. The van der Waals surface area contributed by atoms with Gasteiger partial charge in [0.15, 0.2) is 0 Å². The van der Waals surface area contributed by atoms with E-state index in [0.717, 1.165) is 19.4 Å². The molecule has 2 heterocycles. The van der Waals surface area contributed by atoms with E-state index >= 15 is 0 Å². The molecule has 3 rings (SSSR count). The molecule has 7 nitrogen and oxygen atoms in total. The fourth-order valence-electron chi connectivity index (χ4n) is 3.12. The number of methoxy groups -OCH3 is 1. The Kier molecular flexibility index (Phi) is 3.77. The van der Waals surface area contributed by atoms with Crippen molar-refractivity contribution < 1.29 is 14.3 Å². The SMILES string of the molecule is COC(=O)c1nc(C)cc(NC2C(N)C3CCCOC32)n1. The van der Waals surface area contributed by atoms with Crippen molar-refractivity contribution in [3.8, 4) is 0 Å². The van der Waals surface area contributed by atoms with Crippen LogP contribution in [0.25, 0.3) is 0 Å². The number of fused-ring (bicyclic) bond motifs is 1. The highest BCUT2D eigenvalue weighted by molar-refractivity contribution is 5.85. The van der Waals surface area contributed by atoms with Crippen molar-refractivity contribution in [2.24, 2.45) is 11.7 Å². The monoisotopic (exact) mass is 292 g/mol. The summed E-state index contributed by atoms with van der Waals surface area (Å²) in [6, 6.07) is 1.86. The van der Waals surface area contributed by atoms with Gasteiger partial charge in [0.2, 0.25) is 5.82 Å². The number of esters is 1. The summed E-state index contributed by atoms with van der Waals surface area (Å²) in [5.74, 6) is 0.496. The standard InChI is InChI=1S/C14H20N4O3/c1-7-6-9(18-13(16-7)14(19)20-2)17-11-10(15)8-4-3-5-21-12(8)11/h6,8,10-12H,3-5,15H2,1-2H3,(H,16,17,18). The molecule has 1 saturated carbocycles. The quantitative estimate of drug-likeness (QED) is 0.782. The Morgan fingerprint density at radius 1 is 1.52 bits per heavy atom. The maximum Gasteiger partial charge on any atom is 0.376 e. The summed E-state index contributed by atoms with van der Waals surface area (Å²) in [5.41, 5.74) is 6.91. The minimum absolute atomic E-state index is 0.0232. The Balaban J connectivity index is 1.76. The Labute approximate surface area is 123 Å². The molecule has 2 aliphatic rings. The van der Waals surface area contributed by atoms with Gasteiger partial charge in [-0.15, -0.1) is 0 Å². The minimum Gasteiger partial charge on any atom is -0.463 e. The molecule has 4 atom stereocenters. The Morgan fingerprint density at radius 2 is 2.33 bits per heavy atom. The van der Waals surface area contributed by atoms with E-state index in [0.29, 0.717) is 17.4 Å². The van der Waals surface area contributed by atoms with Crippen molar-refractivity contribution in [2.75, 3.05) is 19.0 Å². The molecule has 2 fully saturated rings. The van der Waals surface area contributed by atoms with E-state index in [-0.39, 0.29) is 24.0 Å². The summed E-state index contributed by atoms with van der Waals surface area (Å²) in [5, 5.41) is 3.28. The van der Waals surface area contributed by atoms with E-state index in [1.807, 2.05) is 0 Å². The lowest BCUT2D eigenvalue weighted by molar-refractivity contribution is -0.104. The van der Waals surface area contributed by atoms with Gasteiger partial charge >= 0.3 is 5.97 Å². The number of aryl methyl sites for hydroxylation is 1. The van der Waals surface area contributed by atoms with Gasteiger partial charge in [-0.2, -0.15) is 0 Å². The molecular formula is C14H20N4O3. The van der Waals surface area contributed by atoms with Gasteiger partial charge in [-0.3, -0.25) is 0 Å². The number of rotatable bonds is 3. The van der Waals surface area contributed by atoms with E-state index in [2.05, 4.69) is 20.0 Å². The normalized spacial score (nSPS) is 31.0. The third-order valence-corrected chi connectivity index (χ3v) is 4.21. The lowest BCUT2D eigenvalue weighted by atomic mass is 9.68. The van der Waals surface area contributed by atoms with Crippen LogP contribution in [0.2, 0.25) is 0 Å². The fraction of sp³-hybridized carbons (Fsp3) is 0.643. The summed E-state index contributed by atoms with van der Waals surface area (Å²) in [7, 11) is 1.31. The van der Waals surface area contributed by atoms with Gasteiger partial charge in [-0.05, 0) is 19.8 Å². The van der Waals surface area contributed by atoms with Crippen molar-refractivity contribution in [1.29, 1.82) is 0 Å². The van der Waals surface area contributed by atoms with Gasteiger partial charge in [-0.25, -0.2) is 14.8 Å². The van der Waals surface area contributed by atoms with Crippen LogP contribution in [0.5, 0.6) is 0 Å². The second kappa shape index (κ2) is 5.57. The number of aromatic nitrogens is 2. The molecular weight excluding hydrogens is 272 g/mol. The summed E-state index contributed by atoms with van der Waals surface area (Å²) >= 11 is 0. The van der Waals surface area contributed by atoms with E-state index in [4.69, 9.17) is 10.5 Å². The predicted octanol–water partition coefficient (Wildman–Crippen LogP) is 0.488.